The standard InChI is InChI=1S/C20H22N5O.C7H7.U/c26-15-10-21-19-17-8-4-5-9-18(17)22-20(23-19)25-13-11-24(12-14-25)16-6-2-1-3-7-16;1-7-5-3-2-4-6-7;/h2-9,26H,10-15H2,(H,21,22,23);2-6H,1H2;/q2*-1;+2. The summed E-state index contributed by atoms with van der Waals surface area (Å²) in [4.78, 5) is 14.1. The SMILES string of the molecule is OCCNc1nc(N2CCN(c3cc[c-]cc3)CC2)nc2ccccc12.[CH2-]c1ccccc1.[U+2]. The van der Waals surface area contributed by atoms with Crippen molar-refractivity contribution in [3.05, 3.63) is 97.4 Å². The first-order valence-electron chi connectivity index (χ1n) is 11.2. The first-order chi connectivity index (χ1) is 16.2. The van der Waals surface area contributed by atoms with Crippen LogP contribution in [0.1, 0.15) is 5.56 Å². The minimum atomic E-state index is 0. The van der Waals surface area contributed by atoms with Crippen LogP contribution in [0.15, 0.2) is 78.9 Å². The van der Waals surface area contributed by atoms with E-state index in [-0.39, 0.29) is 37.7 Å². The Kier molecular flexibility index (Phi) is 10.1. The number of nitrogens with zero attached hydrogens (tertiary/aromatic N) is 4. The molecule has 1 aliphatic rings. The molecule has 1 aromatic heterocycles. The Hall–Kier alpha value is -2.72. The van der Waals surface area contributed by atoms with Crippen molar-refractivity contribution < 1.29 is 36.2 Å². The van der Waals surface area contributed by atoms with Crippen molar-refractivity contribution >= 4 is 28.4 Å². The number of aliphatic hydroxyl groups is 1. The fourth-order valence-corrected chi connectivity index (χ4v) is 3.75. The second-order valence-corrected chi connectivity index (χ2v) is 7.76. The molecule has 5 rings (SSSR count). The maximum Gasteiger partial charge on any atom is 2.00 e. The molecule has 0 radical (unpaired) electrons. The summed E-state index contributed by atoms with van der Waals surface area (Å²) in [6, 6.07) is 29.0. The molecule has 0 spiro atoms. The van der Waals surface area contributed by atoms with E-state index in [0.29, 0.717) is 6.54 Å². The molecular weight excluding hydrogens is 648 g/mol. The molecule has 0 unspecified atom stereocenters. The van der Waals surface area contributed by atoms with Crippen LogP contribution in [0, 0.1) is 44.1 Å². The Balaban J connectivity index is 0.000000350. The molecule has 1 aliphatic heterocycles. The summed E-state index contributed by atoms with van der Waals surface area (Å²) in [6.45, 7) is 7.87. The molecule has 0 aliphatic carbocycles. The number of benzene rings is 3. The van der Waals surface area contributed by atoms with Crippen LogP contribution in [-0.2, 0) is 0 Å². The zero-order valence-electron chi connectivity index (χ0n) is 19.2. The van der Waals surface area contributed by atoms with Crippen molar-refractivity contribution in [1.82, 2.24) is 9.97 Å². The van der Waals surface area contributed by atoms with Crippen LogP contribution in [0.25, 0.3) is 10.9 Å². The Morgan fingerprint density at radius 2 is 1.50 bits per heavy atom. The molecule has 172 valence electrons. The predicted molar refractivity (Wildman–Crippen MR) is 136 cm³/mol. The largest absolute Gasteiger partial charge is 2.00 e. The fraction of sp³-hybridized carbons (Fsp3) is 0.222. The van der Waals surface area contributed by atoms with Gasteiger partial charge in [-0.25, -0.2) is 4.98 Å². The molecule has 2 heterocycles. The van der Waals surface area contributed by atoms with E-state index in [2.05, 4.69) is 40.2 Å². The summed E-state index contributed by atoms with van der Waals surface area (Å²) in [6.07, 6.45) is 0. The summed E-state index contributed by atoms with van der Waals surface area (Å²) in [5.41, 5.74) is 3.22. The van der Waals surface area contributed by atoms with Gasteiger partial charge in [-0.3, -0.25) is 0 Å². The molecule has 4 aromatic rings. The van der Waals surface area contributed by atoms with Gasteiger partial charge >= 0.3 is 31.1 Å². The molecule has 0 atom stereocenters. The van der Waals surface area contributed by atoms with Gasteiger partial charge in [0.2, 0.25) is 5.95 Å². The summed E-state index contributed by atoms with van der Waals surface area (Å²) in [5.74, 6) is 1.52. The normalized spacial score (nSPS) is 13.0. The number of rotatable bonds is 5. The van der Waals surface area contributed by atoms with Crippen molar-refractivity contribution in [2.75, 3.05) is 54.4 Å². The second kappa shape index (κ2) is 13.2. The van der Waals surface area contributed by atoms with E-state index in [1.54, 1.807) is 0 Å². The van der Waals surface area contributed by atoms with Gasteiger partial charge in [0.15, 0.2) is 0 Å². The minimum Gasteiger partial charge on any atom is -0.395 e. The van der Waals surface area contributed by atoms with E-state index in [9.17, 15) is 0 Å². The van der Waals surface area contributed by atoms with Gasteiger partial charge in [-0.2, -0.15) is 47.8 Å². The van der Waals surface area contributed by atoms with Gasteiger partial charge in [0.1, 0.15) is 5.82 Å². The molecule has 6 nitrogen and oxygen atoms in total. The zero-order valence-corrected chi connectivity index (χ0v) is 23.4. The van der Waals surface area contributed by atoms with Gasteiger partial charge in [-0.1, -0.05) is 23.9 Å². The fourth-order valence-electron chi connectivity index (χ4n) is 3.75. The Bertz CT molecular complexity index is 1140. The molecule has 2 N–H and O–H groups in total. The third kappa shape index (κ3) is 6.90. The van der Waals surface area contributed by atoms with Crippen molar-refractivity contribution in [2.24, 2.45) is 0 Å². The smallest absolute Gasteiger partial charge is 0.395 e. The quantitative estimate of drug-likeness (QED) is 0.312. The molecule has 0 amide bonds. The average molecular weight is 678 g/mol. The summed E-state index contributed by atoms with van der Waals surface area (Å²) >= 11 is 0. The van der Waals surface area contributed by atoms with E-state index < -0.39 is 0 Å². The van der Waals surface area contributed by atoms with E-state index >= 15 is 0 Å². The number of anilines is 3. The molecule has 34 heavy (non-hydrogen) atoms. The van der Waals surface area contributed by atoms with Crippen LogP contribution in [0.3, 0.4) is 0 Å². The van der Waals surface area contributed by atoms with E-state index in [0.717, 1.165) is 54.4 Å². The van der Waals surface area contributed by atoms with Gasteiger partial charge in [0, 0.05) is 38.1 Å². The number of para-hydroxylation sites is 1. The molecule has 0 bridgehead atoms. The molecule has 1 fully saturated rings. The first-order valence-corrected chi connectivity index (χ1v) is 11.2. The van der Waals surface area contributed by atoms with Crippen molar-refractivity contribution in [1.29, 1.82) is 0 Å². The number of aromatic nitrogens is 2. The van der Waals surface area contributed by atoms with Crippen LogP contribution in [0.4, 0.5) is 17.5 Å². The van der Waals surface area contributed by atoms with Crippen LogP contribution >= 0.6 is 0 Å². The minimum absolute atomic E-state index is 0. The van der Waals surface area contributed by atoms with Crippen LogP contribution in [-0.4, -0.2) is 54.4 Å². The van der Waals surface area contributed by atoms with Crippen molar-refractivity contribution in [3.8, 4) is 0 Å². The second-order valence-electron chi connectivity index (χ2n) is 7.76. The molecule has 0 saturated carbocycles. The average Bonchev–Trinajstić information content (AvgIpc) is 2.88. The van der Waals surface area contributed by atoms with Crippen LogP contribution < -0.4 is 15.1 Å². The first kappa shape index (κ1) is 25.9. The van der Waals surface area contributed by atoms with E-state index in [1.165, 1.54) is 5.69 Å². The van der Waals surface area contributed by atoms with Gasteiger partial charge in [0.25, 0.3) is 0 Å². The number of piperazine rings is 1. The molecular formula is C27H29N5OU. The van der Waals surface area contributed by atoms with Gasteiger partial charge in [-0.05, 0) is 12.1 Å². The number of aliphatic hydroxyl groups excluding tert-OH is 1. The maximum absolute atomic E-state index is 9.13. The van der Waals surface area contributed by atoms with Gasteiger partial charge in [0.05, 0.1) is 12.1 Å². The maximum atomic E-state index is 9.13. The monoisotopic (exact) mass is 677 g/mol. The molecule has 3 aromatic carbocycles. The van der Waals surface area contributed by atoms with E-state index in [4.69, 9.17) is 15.1 Å². The van der Waals surface area contributed by atoms with Crippen molar-refractivity contribution in [3.63, 3.8) is 0 Å². The van der Waals surface area contributed by atoms with Crippen molar-refractivity contribution in [2.45, 2.75) is 0 Å². The Labute approximate surface area is 225 Å². The van der Waals surface area contributed by atoms with Gasteiger partial charge < -0.3 is 20.2 Å². The number of hydrogen-bond donors (Lipinski definition) is 2. The third-order valence-electron chi connectivity index (χ3n) is 5.47. The molecule has 1 saturated heterocycles. The predicted octanol–water partition coefficient (Wildman–Crippen LogP) is 4.03. The number of nitrogens with one attached hydrogen (secondary N) is 1. The number of fused-ring (bicyclic) bond motifs is 1. The summed E-state index contributed by atoms with van der Waals surface area (Å²) in [5, 5.41) is 13.3. The summed E-state index contributed by atoms with van der Waals surface area (Å²) < 4.78 is 0. The van der Waals surface area contributed by atoms with E-state index in [1.807, 2.05) is 66.7 Å². The third-order valence-corrected chi connectivity index (χ3v) is 5.47. The van der Waals surface area contributed by atoms with Gasteiger partial charge in [-0.15, -0.1) is 24.3 Å². The molecule has 7 heteroatoms. The van der Waals surface area contributed by atoms with Crippen LogP contribution in [0.2, 0.25) is 0 Å². The zero-order chi connectivity index (χ0) is 22.9. The Morgan fingerprint density at radius 3 is 2.15 bits per heavy atom. The summed E-state index contributed by atoms with van der Waals surface area (Å²) in [7, 11) is 0. The van der Waals surface area contributed by atoms with Crippen LogP contribution in [0.5, 0.6) is 0 Å². The Morgan fingerprint density at radius 1 is 0.853 bits per heavy atom. The topological polar surface area (TPSA) is 64.5 Å². The number of hydrogen-bond acceptors (Lipinski definition) is 6.